The van der Waals surface area contributed by atoms with Crippen molar-refractivity contribution in [3.63, 3.8) is 0 Å². The molecule has 0 N–H and O–H groups in total. The van der Waals surface area contributed by atoms with Crippen LogP contribution in [0.15, 0.2) is 97.1 Å². The normalized spacial score (nSPS) is 23.3. The van der Waals surface area contributed by atoms with Crippen molar-refractivity contribution in [1.29, 1.82) is 0 Å². The van der Waals surface area contributed by atoms with E-state index in [1.165, 1.54) is 0 Å². The van der Waals surface area contributed by atoms with Gasteiger partial charge in [0, 0.05) is 14.2 Å². The number of rotatable bonds is 11. The lowest BCUT2D eigenvalue weighted by Gasteiger charge is -2.46. The maximum atomic E-state index is 6.53. The lowest BCUT2D eigenvalue weighted by Crippen LogP contribution is -2.43. The van der Waals surface area contributed by atoms with Crippen LogP contribution in [0.2, 0.25) is 0 Å². The molecule has 48 heavy (non-hydrogen) atoms. The Bertz CT molecular complexity index is 1630. The van der Waals surface area contributed by atoms with Crippen LogP contribution in [0, 0.1) is 0 Å². The minimum atomic E-state index is -0.501. The Morgan fingerprint density at radius 2 is 0.875 bits per heavy atom. The Labute approximate surface area is 287 Å². The third-order valence-corrected chi connectivity index (χ3v) is 10.6. The highest BCUT2D eigenvalue weighted by Crippen LogP contribution is 2.50. The molecule has 1 heterocycles. The van der Waals surface area contributed by atoms with Crippen molar-refractivity contribution in [2.24, 2.45) is 0 Å². The van der Waals surface area contributed by atoms with E-state index < -0.39 is 11.2 Å². The lowest BCUT2D eigenvalue weighted by atomic mass is 9.70. The van der Waals surface area contributed by atoms with Crippen LogP contribution in [0.3, 0.4) is 0 Å². The smallest absolute Gasteiger partial charge is 0.399 e. The van der Waals surface area contributed by atoms with Crippen molar-refractivity contribution in [3.05, 3.63) is 108 Å². The van der Waals surface area contributed by atoms with E-state index in [1.807, 2.05) is 24.3 Å². The molecule has 2 fully saturated rings. The van der Waals surface area contributed by atoms with Crippen LogP contribution in [0.4, 0.5) is 0 Å². The van der Waals surface area contributed by atoms with Crippen molar-refractivity contribution in [1.82, 2.24) is 0 Å². The van der Waals surface area contributed by atoms with Gasteiger partial charge in [-0.1, -0.05) is 103 Å². The molecule has 4 aromatic carbocycles. The topological polar surface area (TPSA) is 55.4 Å². The Balaban J connectivity index is 1.20. The number of hydrogen-bond acceptors (Lipinski definition) is 6. The fraction of sp³-hybridized carbons (Fsp3) is 0.400. The monoisotopic (exact) mass is 644 g/mol. The van der Waals surface area contributed by atoms with E-state index in [0.29, 0.717) is 0 Å². The molecule has 1 aliphatic heterocycles. The van der Waals surface area contributed by atoms with Gasteiger partial charge in [0.1, 0.15) is 21.4 Å². The van der Waals surface area contributed by atoms with Gasteiger partial charge in [-0.15, -0.1) is 0 Å². The number of hydrogen-bond donors (Lipinski definition) is 0. The summed E-state index contributed by atoms with van der Waals surface area (Å²) in [4.78, 5) is 0. The molecule has 0 atom stereocenters. The van der Waals surface area contributed by atoms with E-state index in [1.54, 1.807) is 14.2 Å². The fourth-order valence-electron chi connectivity index (χ4n) is 6.85. The predicted molar refractivity (Wildman–Crippen MR) is 193 cm³/mol. The summed E-state index contributed by atoms with van der Waals surface area (Å²) in [5.41, 5.74) is 6.84. The first kappa shape index (κ1) is 34.6. The van der Waals surface area contributed by atoms with Crippen LogP contribution in [-0.2, 0) is 39.5 Å². The van der Waals surface area contributed by atoms with Crippen molar-refractivity contribution >= 4 is 25.9 Å². The highest BCUT2D eigenvalue weighted by Gasteiger charge is 2.51. The zero-order valence-electron chi connectivity index (χ0n) is 29.1. The molecule has 8 heteroatoms. The minimum Gasteiger partial charge on any atom is -0.399 e. The summed E-state index contributed by atoms with van der Waals surface area (Å²) >= 11 is 0. The first-order valence-corrected chi connectivity index (χ1v) is 16.8. The highest BCUT2D eigenvalue weighted by molar-refractivity contribution is 6.62. The Kier molecular flexibility index (Phi) is 10.1. The van der Waals surface area contributed by atoms with Crippen molar-refractivity contribution in [2.45, 2.75) is 75.8 Å². The predicted octanol–water partition coefficient (Wildman–Crippen LogP) is 7.02. The van der Waals surface area contributed by atoms with Gasteiger partial charge in [0.2, 0.25) is 0 Å². The molecule has 0 bridgehead atoms. The first-order valence-electron chi connectivity index (χ1n) is 16.8. The van der Waals surface area contributed by atoms with E-state index in [-0.39, 0.29) is 31.9 Å². The van der Waals surface area contributed by atoms with Gasteiger partial charge >= 0.3 is 7.12 Å². The summed E-state index contributed by atoms with van der Waals surface area (Å²) in [5.74, 6) is 0. The van der Waals surface area contributed by atoms with Gasteiger partial charge in [-0.2, -0.15) is 0 Å². The molecule has 6 nitrogen and oxygen atoms in total. The van der Waals surface area contributed by atoms with Gasteiger partial charge in [0.15, 0.2) is 0 Å². The summed E-state index contributed by atoms with van der Waals surface area (Å²) in [6, 6.07) is 33.8. The second-order valence-electron chi connectivity index (χ2n) is 14.1. The molecular weight excluding hydrogens is 598 g/mol. The lowest BCUT2D eigenvalue weighted by molar-refractivity contribution is -0.203. The molecule has 0 spiro atoms. The van der Waals surface area contributed by atoms with Crippen LogP contribution in [-0.4, -0.2) is 54.0 Å². The third-order valence-electron chi connectivity index (χ3n) is 10.6. The number of benzene rings is 4. The molecule has 0 unspecified atom stereocenters. The van der Waals surface area contributed by atoms with Gasteiger partial charge in [-0.3, -0.25) is 0 Å². The van der Waals surface area contributed by atoms with Crippen molar-refractivity contribution in [2.75, 3.05) is 27.8 Å². The average molecular weight is 644 g/mol. The molecule has 6 rings (SSSR count). The largest absolute Gasteiger partial charge is 0.494 e. The number of methoxy groups -OCH3 is 2. The second kappa shape index (κ2) is 13.9. The molecule has 2 radical (unpaired) electrons. The van der Waals surface area contributed by atoms with Gasteiger partial charge in [0.05, 0.1) is 22.4 Å². The van der Waals surface area contributed by atoms with Crippen LogP contribution in [0.1, 0.15) is 64.5 Å². The van der Waals surface area contributed by atoms with Crippen LogP contribution < -0.4 is 10.9 Å². The van der Waals surface area contributed by atoms with Gasteiger partial charge in [-0.05, 0) is 92.2 Å². The minimum absolute atomic E-state index is 0.213. The van der Waals surface area contributed by atoms with E-state index in [4.69, 9.17) is 36.1 Å². The fourth-order valence-corrected chi connectivity index (χ4v) is 6.85. The van der Waals surface area contributed by atoms with Crippen LogP contribution in [0.5, 0.6) is 0 Å². The molecule has 4 aromatic rings. The van der Waals surface area contributed by atoms with E-state index in [0.717, 1.165) is 70.0 Å². The average Bonchev–Trinajstić information content (AvgIpc) is 3.33. The Morgan fingerprint density at radius 3 is 1.23 bits per heavy atom. The summed E-state index contributed by atoms with van der Waals surface area (Å²) in [7, 11) is 8.86. The second-order valence-corrected chi connectivity index (χ2v) is 14.1. The van der Waals surface area contributed by atoms with Gasteiger partial charge in [-0.25, -0.2) is 0 Å². The van der Waals surface area contributed by atoms with Crippen molar-refractivity contribution in [3.8, 4) is 22.3 Å². The first-order chi connectivity index (χ1) is 23.0. The standard InChI is InChI=1S/C40H46B2O6/c1-37(2)38(3,4)48-42(47-37)36-21-13-32(14-22-36)30-9-17-34(18-10-30)40(46-28-44-6)25-23-39(24-26-40,45-27-43-5)33-15-7-29(8-16-33)31-11-19-35(41)20-12-31/h7-22H,23-28H2,1-6H3. The maximum Gasteiger partial charge on any atom is 0.494 e. The summed E-state index contributed by atoms with van der Waals surface area (Å²) in [5, 5.41) is 0. The SMILES string of the molecule is [B]c1ccc(-c2ccc(C3(OCOC)CCC(OCOC)(c4ccc(-c5ccc(B6OC(C)(C)C(C)(C)O6)cc5)cc4)CC3)cc2)cc1. The molecule has 2 aliphatic rings. The zero-order valence-corrected chi connectivity index (χ0v) is 29.1. The quantitative estimate of drug-likeness (QED) is 0.129. The van der Waals surface area contributed by atoms with E-state index in [2.05, 4.69) is 100 Å². The molecule has 1 saturated carbocycles. The maximum absolute atomic E-state index is 6.53. The highest BCUT2D eigenvalue weighted by atomic mass is 16.7. The van der Waals surface area contributed by atoms with E-state index >= 15 is 0 Å². The van der Waals surface area contributed by atoms with Crippen molar-refractivity contribution < 1.29 is 28.3 Å². The van der Waals surface area contributed by atoms with Gasteiger partial charge in [0.25, 0.3) is 0 Å². The molecule has 1 saturated heterocycles. The molecule has 248 valence electrons. The summed E-state index contributed by atoms with van der Waals surface area (Å²) in [6.07, 6.45) is 3.07. The van der Waals surface area contributed by atoms with Crippen LogP contribution in [0.25, 0.3) is 22.3 Å². The molecular formula is C40H46B2O6. The van der Waals surface area contributed by atoms with E-state index in [9.17, 15) is 0 Å². The molecule has 0 amide bonds. The van der Waals surface area contributed by atoms with Crippen LogP contribution >= 0.6 is 0 Å². The third kappa shape index (κ3) is 6.93. The molecule has 1 aliphatic carbocycles. The Morgan fingerprint density at radius 1 is 0.542 bits per heavy atom. The summed E-state index contributed by atoms with van der Waals surface area (Å²) in [6.45, 7) is 8.73. The Hall–Kier alpha value is -3.23. The number of ether oxygens (including phenoxy) is 4. The molecule has 0 aromatic heterocycles. The zero-order chi connectivity index (χ0) is 34.0. The summed E-state index contributed by atoms with van der Waals surface area (Å²) < 4.78 is 36.4. The van der Waals surface area contributed by atoms with Gasteiger partial charge < -0.3 is 28.3 Å².